The molecular weight excluding hydrogens is 392 g/mol. The number of amides is 2. The Kier molecular flexibility index (Phi) is 7.22. The summed E-state index contributed by atoms with van der Waals surface area (Å²) >= 11 is 4.98. The lowest BCUT2D eigenvalue weighted by atomic mass is 10.1. The molecule has 1 aromatic carbocycles. The number of hydrazine groups is 1. The molecule has 29 heavy (non-hydrogen) atoms. The van der Waals surface area contributed by atoms with Crippen molar-refractivity contribution in [2.24, 2.45) is 0 Å². The van der Waals surface area contributed by atoms with Crippen molar-refractivity contribution < 1.29 is 9.59 Å². The second kappa shape index (κ2) is 10.3. The van der Waals surface area contributed by atoms with Crippen molar-refractivity contribution in [3.63, 3.8) is 0 Å². The van der Waals surface area contributed by atoms with Crippen molar-refractivity contribution in [1.82, 2.24) is 36.4 Å². The second-order valence-corrected chi connectivity index (χ2v) is 6.81. The van der Waals surface area contributed by atoms with Gasteiger partial charge in [0.15, 0.2) is 5.11 Å². The van der Waals surface area contributed by atoms with Gasteiger partial charge in [0, 0.05) is 19.2 Å². The molecule has 1 fully saturated rings. The lowest BCUT2D eigenvalue weighted by molar-refractivity contribution is -0.122. The van der Waals surface area contributed by atoms with E-state index in [9.17, 15) is 9.59 Å². The van der Waals surface area contributed by atoms with Gasteiger partial charge in [0.25, 0.3) is 11.9 Å². The molecule has 2 heterocycles. The monoisotopic (exact) mass is 414 g/mol. The third-order valence-corrected chi connectivity index (χ3v) is 4.35. The number of nitrogens with zero attached hydrogens (tertiary/aromatic N) is 5. The van der Waals surface area contributed by atoms with Gasteiger partial charge in [-0.15, -0.1) is 5.10 Å². The molecular formula is C18H22N8O2S. The molecule has 0 radical (unpaired) electrons. The first-order chi connectivity index (χ1) is 14.1. The number of hydrogen-bond donors (Lipinski definition) is 3. The smallest absolute Gasteiger partial charge is 0.266 e. The van der Waals surface area contributed by atoms with Crippen molar-refractivity contribution in [3.8, 4) is 0 Å². The van der Waals surface area contributed by atoms with Gasteiger partial charge in [-0.2, -0.15) is 4.80 Å². The fourth-order valence-corrected chi connectivity index (χ4v) is 2.89. The highest BCUT2D eigenvalue weighted by atomic mass is 32.1. The third-order valence-electron chi connectivity index (χ3n) is 4.15. The van der Waals surface area contributed by atoms with E-state index in [0.717, 1.165) is 31.5 Å². The van der Waals surface area contributed by atoms with E-state index in [2.05, 4.69) is 36.5 Å². The van der Waals surface area contributed by atoms with Gasteiger partial charge in [-0.25, -0.2) is 0 Å². The number of benzene rings is 1. The summed E-state index contributed by atoms with van der Waals surface area (Å²) in [5.74, 6) is -0.313. The van der Waals surface area contributed by atoms with Crippen LogP contribution < -0.4 is 21.1 Å². The summed E-state index contributed by atoms with van der Waals surface area (Å²) in [6.45, 7) is 1.66. The molecule has 0 atom stereocenters. The molecule has 10 nitrogen and oxygen atoms in total. The van der Waals surface area contributed by atoms with Gasteiger partial charge in [-0.1, -0.05) is 35.4 Å². The quantitative estimate of drug-likeness (QED) is 0.366. The first-order valence-corrected chi connectivity index (χ1v) is 9.67. The average molecular weight is 414 g/mol. The number of rotatable bonds is 5. The van der Waals surface area contributed by atoms with E-state index in [1.807, 2.05) is 30.3 Å². The highest BCUT2D eigenvalue weighted by Crippen LogP contribution is 2.13. The number of aromatic nitrogens is 4. The molecule has 1 aliphatic rings. The molecule has 1 aromatic heterocycles. The number of tetrazole rings is 1. The summed E-state index contributed by atoms with van der Waals surface area (Å²) < 4.78 is 0. The minimum Gasteiger partial charge on any atom is -0.338 e. The van der Waals surface area contributed by atoms with Crippen LogP contribution in [0.1, 0.15) is 24.8 Å². The van der Waals surface area contributed by atoms with E-state index < -0.39 is 11.8 Å². The molecule has 0 spiro atoms. The van der Waals surface area contributed by atoms with E-state index >= 15 is 0 Å². The lowest BCUT2D eigenvalue weighted by Crippen LogP contribution is -2.49. The van der Waals surface area contributed by atoms with Crippen LogP contribution in [0.4, 0.5) is 5.95 Å². The Labute approximate surface area is 173 Å². The summed E-state index contributed by atoms with van der Waals surface area (Å²) in [6, 6.07) is 9.38. The van der Waals surface area contributed by atoms with Crippen LogP contribution >= 0.6 is 12.2 Å². The maximum Gasteiger partial charge on any atom is 0.266 e. The number of piperidine rings is 1. The third kappa shape index (κ3) is 6.64. The van der Waals surface area contributed by atoms with Crippen LogP contribution in [0.15, 0.2) is 36.4 Å². The minimum absolute atomic E-state index is 0.0263. The van der Waals surface area contributed by atoms with Gasteiger partial charge in [0.05, 0.1) is 0 Å². The lowest BCUT2D eigenvalue weighted by Gasteiger charge is -2.24. The average Bonchev–Trinajstić information content (AvgIpc) is 3.20. The number of hydrogen-bond acceptors (Lipinski definition) is 7. The molecule has 0 aliphatic carbocycles. The predicted octanol–water partition coefficient (Wildman–Crippen LogP) is 0.399. The Morgan fingerprint density at radius 3 is 2.62 bits per heavy atom. The first-order valence-electron chi connectivity index (χ1n) is 9.26. The number of nitrogens with one attached hydrogen (secondary N) is 3. The predicted molar refractivity (Wildman–Crippen MR) is 111 cm³/mol. The zero-order valence-corrected chi connectivity index (χ0v) is 16.6. The van der Waals surface area contributed by atoms with Gasteiger partial charge in [0.2, 0.25) is 5.91 Å². The van der Waals surface area contributed by atoms with E-state index in [4.69, 9.17) is 12.2 Å². The van der Waals surface area contributed by atoms with Crippen LogP contribution in [0.2, 0.25) is 0 Å². The summed E-state index contributed by atoms with van der Waals surface area (Å²) in [5.41, 5.74) is 5.74. The van der Waals surface area contributed by atoms with Gasteiger partial charge >= 0.3 is 0 Å². The van der Waals surface area contributed by atoms with Crippen molar-refractivity contribution in [1.29, 1.82) is 0 Å². The Morgan fingerprint density at radius 2 is 1.86 bits per heavy atom. The number of carbonyl (C=O) groups is 2. The largest absolute Gasteiger partial charge is 0.338 e. The molecule has 152 valence electrons. The highest BCUT2D eigenvalue weighted by molar-refractivity contribution is 7.80. The second-order valence-electron chi connectivity index (χ2n) is 6.40. The number of anilines is 1. The molecule has 3 N–H and O–H groups in total. The van der Waals surface area contributed by atoms with E-state index in [1.165, 1.54) is 17.3 Å². The summed E-state index contributed by atoms with van der Waals surface area (Å²) in [4.78, 5) is 27.1. The molecule has 11 heteroatoms. The van der Waals surface area contributed by atoms with E-state index in [1.54, 1.807) is 6.08 Å². The number of thiocarbonyl (C=S) groups is 1. The highest BCUT2D eigenvalue weighted by Gasteiger charge is 2.16. The van der Waals surface area contributed by atoms with Crippen LogP contribution in [0.3, 0.4) is 0 Å². The summed E-state index contributed by atoms with van der Waals surface area (Å²) in [7, 11) is 0. The van der Waals surface area contributed by atoms with Gasteiger partial charge < -0.3 is 4.90 Å². The van der Waals surface area contributed by atoms with Crippen molar-refractivity contribution in [3.05, 3.63) is 42.0 Å². The summed E-state index contributed by atoms with van der Waals surface area (Å²) in [6.07, 6.45) is 6.42. The van der Waals surface area contributed by atoms with Crippen LogP contribution in [0.5, 0.6) is 0 Å². The zero-order chi connectivity index (χ0) is 20.5. The van der Waals surface area contributed by atoms with Crippen LogP contribution in [0.25, 0.3) is 6.08 Å². The first kappa shape index (κ1) is 20.4. The topological polar surface area (TPSA) is 117 Å². The molecule has 1 saturated heterocycles. The van der Waals surface area contributed by atoms with Crippen molar-refractivity contribution >= 4 is 41.2 Å². The van der Waals surface area contributed by atoms with Gasteiger partial charge in [-0.05, 0) is 48.3 Å². The normalized spacial score (nSPS) is 13.9. The van der Waals surface area contributed by atoms with Gasteiger partial charge in [0.1, 0.15) is 6.54 Å². The minimum atomic E-state index is -0.427. The molecule has 1 aliphatic heterocycles. The number of carbonyl (C=O) groups excluding carboxylic acids is 2. The SMILES string of the molecule is O=C(C=Cc1ccccc1)NC(=S)NNC(=O)Cn1nnc(N2CCCCC2)n1. The molecule has 2 aromatic rings. The molecule has 3 rings (SSSR count). The fourth-order valence-electron chi connectivity index (χ4n) is 2.74. The Hall–Kier alpha value is -3.34. The zero-order valence-electron chi connectivity index (χ0n) is 15.7. The molecule has 0 saturated carbocycles. The van der Waals surface area contributed by atoms with Gasteiger partial charge in [-0.3, -0.25) is 25.8 Å². The molecule has 0 bridgehead atoms. The van der Waals surface area contributed by atoms with E-state index in [-0.39, 0.29) is 11.7 Å². The molecule has 2 amide bonds. The Balaban J connectivity index is 1.38. The van der Waals surface area contributed by atoms with Crippen LogP contribution in [0, 0.1) is 0 Å². The van der Waals surface area contributed by atoms with Crippen LogP contribution in [-0.4, -0.2) is 50.2 Å². The summed E-state index contributed by atoms with van der Waals surface area (Å²) in [5, 5.41) is 14.5. The maximum absolute atomic E-state index is 12.0. The Bertz CT molecular complexity index is 877. The molecule has 0 unspecified atom stereocenters. The van der Waals surface area contributed by atoms with Crippen molar-refractivity contribution in [2.75, 3.05) is 18.0 Å². The maximum atomic E-state index is 12.0. The van der Waals surface area contributed by atoms with Crippen LogP contribution in [-0.2, 0) is 16.1 Å². The van der Waals surface area contributed by atoms with E-state index in [0.29, 0.717) is 5.95 Å². The fraction of sp³-hybridized carbons (Fsp3) is 0.333. The Morgan fingerprint density at radius 1 is 1.10 bits per heavy atom. The van der Waals surface area contributed by atoms with Crippen molar-refractivity contribution in [2.45, 2.75) is 25.8 Å². The standard InChI is InChI=1S/C18H22N8O2S/c27-15(10-9-14-7-3-1-4-8-14)19-18(29)22-20-16(28)13-26-23-17(21-24-26)25-11-5-2-6-12-25/h1,3-4,7-10H,2,5-6,11-13H2,(H,20,28)(H2,19,22,27,29).